The fourth-order valence-electron chi connectivity index (χ4n) is 2.87. The lowest BCUT2D eigenvalue weighted by Crippen LogP contribution is -2.44. The molecule has 2 rings (SSSR count). The first-order valence-corrected chi connectivity index (χ1v) is 8.87. The average molecular weight is 337 g/mol. The van der Waals surface area contributed by atoms with Gasteiger partial charge in [0.1, 0.15) is 0 Å². The van der Waals surface area contributed by atoms with Crippen molar-refractivity contribution in [3.63, 3.8) is 0 Å². The van der Waals surface area contributed by atoms with Gasteiger partial charge in [0.2, 0.25) is 5.91 Å². The van der Waals surface area contributed by atoms with Crippen LogP contribution in [0.1, 0.15) is 25.1 Å². The number of rotatable bonds is 9. The molecule has 0 aliphatic heterocycles. The van der Waals surface area contributed by atoms with Gasteiger partial charge < -0.3 is 5.32 Å². The maximum atomic E-state index is 12.1. The van der Waals surface area contributed by atoms with Gasteiger partial charge >= 0.3 is 0 Å². The summed E-state index contributed by atoms with van der Waals surface area (Å²) < 4.78 is 0. The molecule has 0 aliphatic carbocycles. The van der Waals surface area contributed by atoms with E-state index in [0.717, 1.165) is 25.2 Å². The van der Waals surface area contributed by atoms with Crippen molar-refractivity contribution in [3.8, 4) is 0 Å². The van der Waals surface area contributed by atoms with Crippen LogP contribution in [0.5, 0.6) is 0 Å². The summed E-state index contributed by atoms with van der Waals surface area (Å²) in [5.41, 5.74) is 2.07. The van der Waals surface area contributed by atoms with E-state index in [4.69, 9.17) is 0 Å². The van der Waals surface area contributed by atoms with Gasteiger partial charge in [0.05, 0.1) is 5.69 Å². The lowest BCUT2D eigenvalue weighted by atomic mass is 10.0. The van der Waals surface area contributed by atoms with Crippen LogP contribution < -0.4 is 5.32 Å². The Bertz CT molecular complexity index is 651. The van der Waals surface area contributed by atoms with E-state index < -0.39 is 0 Å². The Labute approximate surface area is 150 Å². The van der Waals surface area contributed by atoms with Crippen LogP contribution in [-0.4, -0.2) is 41.5 Å². The molecule has 0 radical (unpaired) electrons. The number of nitrogens with one attached hydrogen (secondary N) is 1. The maximum absolute atomic E-state index is 12.1. The standard InChI is InChI=1S/C21H27N3O/c1-3-24(4-2)20(16-18-10-6-5-7-11-18)17-23-21(25)14-13-19-12-8-9-15-22-19/h5-15,20H,3-4,16-17H2,1-2H3,(H,23,25)/b14-13+. The first-order chi connectivity index (χ1) is 12.2. The Balaban J connectivity index is 1.94. The summed E-state index contributed by atoms with van der Waals surface area (Å²) in [5.74, 6) is -0.0872. The normalized spacial score (nSPS) is 12.4. The van der Waals surface area contributed by atoms with Crippen molar-refractivity contribution in [2.75, 3.05) is 19.6 Å². The summed E-state index contributed by atoms with van der Waals surface area (Å²) in [4.78, 5) is 18.7. The number of nitrogens with zero attached hydrogens (tertiary/aromatic N) is 2. The first-order valence-electron chi connectivity index (χ1n) is 8.87. The second-order valence-electron chi connectivity index (χ2n) is 5.90. The van der Waals surface area contributed by atoms with E-state index in [-0.39, 0.29) is 11.9 Å². The Morgan fingerprint density at radius 3 is 2.48 bits per heavy atom. The number of hydrogen-bond acceptors (Lipinski definition) is 3. The summed E-state index contributed by atoms with van der Waals surface area (Å²) >= 11 is 0. The van der Waals surface area contributed by atoms with Crippen LogP contribution >= 0.6 is 0 Å². The summed E-state index contributed by atoms with van der Waals surface area (Å²) in [6, 6.07) is 16.3. The minimum absolute atomic E-state index is 0.0872. The van der Waals surface area contributed by atoms with Crippen LogP contribution in [0.15, 0.2) is 60.8 Å². The monoisotopic (exact) mass is 337 g/mol. The molecule has 0 bridgehead atoms. The molecule has 0 saturated carbocycles. The van der Waals surface area contributed by atoms with Gasteiger partial charge in [-0.05, 0) is 43.3 Å². The highest BCUT2D eigenvalue weighted by atomic mass is 16.1. The number of aromatic nitrogens is 1. The van der Waals surface area contributed by atoms with E-state index in [2.05, 4.69) is 53.3 Å². The molecule has 4 heteroatoms. The second kappa shape index (κ2) is 10.4. The van der Waals surface area contributed by atoms with Crippen LogP contribution in [0.4, 0.5) is 0 Å². The predicted molar refractivity (Wildman–Crippen MR) is 103 cm³/mol. The van der Waals surface area contributed by atoms with Crippen molar-refractivity contribution in [2.24, 2.45) is 0 Å². The minimum atomic E-state index is -0.0872. The number of amides is 1. The molecule has 25 heavy (non-hydrogen) atoms. The van der Waals surface area contributed by atoms with Gasteiger partial charge in [0.25, 0.3) is 0 Å². The Hall–Kier alpha value is -2.46. The number of hydrogen-bond donors (Lipinski definition) is 1. The van der Waals surface area contributed by atoms with E-state index in [0.29, 0.717) is 6.54 Å². The highest BCUT2D eigenvalue weighted by Gasteiger charge is 2.16. The van der Waals surface area contributed by atoms with Crippen LogP contribution in [0.3, 0.4) is 0 Å². The molecule has 1 amide bonds. The second-order valence-corrected chi connectivity index (χ2v) is 5.90. The largest absolute Gasteiger partial charge is 0.351 e. The van der Waals surface area contributed by atoms with Crippen molar-refractivity contribution >= 4 is 12.0 Å². The van der Waals surface area contributed by atoms with Crippen LogP contribution in [0.2, 0.25) is 0 Å². The molecule has 1 aromatic carbocycles. The third kappa shape index (κ3) is 6.51. The summed E-state index contributed by atoms with van der Waals surface area (Å²) in [7, 11) is 0. The van der Waals surface area contributed by atoms with E-state index in [9.17, 15) is 4.79 Å². The van der Waals surface area contributed by atoms with Gasteiger partial charge in [-0.3, -0.25) is 14.7 Å². The number of carbonyl (C=O) groups is 1. The van der Waals surface area contributed by atoms with Crippen molar-refractivity contribution in [2.45, 2.75) is 26.3 Å². The Morgan fingerprint density at radius 1 is 1.12 bits per heavy atom. The molecule has 0 spiro atoms. The third-order valence-corrected chi connectivity index (χ3v) is 4.25. The molecule has 2 aromatic rings. The predicted octanol–water partition coefficient (Wildman–Crippen LogP) is 3.16. The molecule has 1 atom stereocenters. The zero-order chi connectivity index (χ0) is 17.9. The van der Waals surface area contributed by atoms with Gasteiger partial charge in [-0.1, -0.05) is 50.2 Å². The number of carbonyl (C=O) groups excluding carboxylic acids is 1. The number of benzene rings is 1. The highest BCUT2D eigenvalue weighted by Crippen LogP contribution is 2.08. The molecule has 132 valence electrons. The number of likely N-dealkylation sites (N-methyl/N-ethyl adjacent to an activating group) is 1. The van der Waals surface area contributed by atoms with E-state index in [1.807, 2.05) is 24.3 Å². The van der Waals surface area contributed by atoms with E-state index in [1.54, 1.807) is 18.3 Å². The Morgan fingerprint density at radius 2 is 1.84 bits per heavy atom. The smallest absolute Gasteiger partial charge is 0.244 e. The SMILES string of the molecule is CCN(CC)C(CNC(=O)/C=C/c1ccccn1)Cc1ccccc1. The molecule has 1 heterocycles. The molecular weight excluding hydrogens is 310 g/mol. The molecule has 1 unspecified atom stereocenters. The fourth-order valence-corrected chi connectivity index (χ4v) is 2.87. The molecule has 1 aromatic heterocycles. The average Bonchev–Trinajstić information content (AvgIpc) is 2.67. The van der Waals surface area contributed by atoms with Gasteiger partial charge in [-0.2, -0.15) is 0 Å². The van der Waals surface area contributed by atoms with Gasteiger partial charge in [0, 0.05) is 24.9 Å². The van der Waals surface area contributed by atoms with E-state index in [1.165, 1.54) is 5.56 Å². The molecule has 4 nitrogen and oxygen atoms in total. The van der Waals surface area contributed by atoms with Crippen LogP contribution in [0.25, 0.3) is 6.08 Å². The van der Waals surface area contributed by atoms with Crippen molar-refractivity contribution in [3.05, 3.63) is 72.1 Å². The molecule has 0 fully saturated rings. The molecule has 0 aliphatic rings. The lowest BCUT2D eigenvalue weighted by molar-refractivity contribution is -0.116. The lowest BCUT2D eigenvalue weighted by Gasteiger charge is -2.30. The molecule has 1 N–H and O–H groups in total. The molecule has 0 saturated heterocycles. The highest BCUT2D eigenvalue weighted by molar-refractivity contribution is 5.91. The minimum Gasteiger partial charge on any atom is -0.351 e. The topological polar surface area (TPSA) is 45.2 Å². The zero-order valence-electron chi connectivity index (χ0n) is 15.1. The van der Waals surface area contributed by atoms with Crippen molar-refractivity contribution in [1.29, 1.82) is 0 Å². The Kier molecular flexibility index (Phi) is 7.86. The van der Waals surface area contributed by atoms with Crippen molar-refractivity contribution in [1.82, 2.24) is 15.2 Å². The van der Waals surface area contributed by atoms with Crippen LogP contribution in [0, 0.1) is 0 Å². The third-order valence-electron chi connectivity index (χ3n) is 4.25. The van der Waals surface area contributed by atoms with Gasteiger partial charge in [-0.15, -0.1) is 0 Å². The zero-order valence-corrected chi connectivity index (χ0v) is 15.1. The van der Waals surface area contributed by atoms with E-state index >= 15 is 0 Å². The maximum Gasteiger partial charge on any atom is 0.244 e. The summed E-state index contributed by atoms with van der Waals surface area (Å²) in [6.07, 6.45) is 5.92. The number of pyridine rings is 1. The molecular formula is C21H27N3O. The van der Waals surface area contributed by atoms with Gasteiger partial charge in [-0.25, -0.2) is 0 Å². The summed E-state index contributed by atoms with van der Waals surface area (Å²) in [6.45, 7) is 6.87. The fraction of sp³-hybridized carbons (Fsp3) is 0.333. The quantitative estimate of drug-likeness (QED) is 0.715. The summed E-state index contributed by atoms with van der Waals surface area (Å²) in [5, 5.41) is 3.03. The van der Waals surface area contributed by atoms with Crippen LogP contribution in [-0.2, 0) is 11.2 Å². The van der Waals surface area contributed by atoms with Gasteiger partial charge in [0.15, 0.2) is 0 Å². The van der Waals surface area contributed by atoms with Crippen molar-refractivity contribution < 1.29 is 4.79 Å². The first kappa shape index (κ1) is 18.9.